The standard InChI is InChI=1S/C28H26ClNO7/c1-5-37-23-14-16(10-13-22(23)36-4)25-24(26(31)18-15-17(34-2)11-12-19(18)29)27(32)28(33)30(25)20-8-6-7-9-21(20)35-3/h6-15,25,31H,5H2,1-4H3/b26-24+. The topological polar surface area (TPSA) is 94.5 Å². The summed E-state index contributed by atoms with van der Waals surface area (Å²) >= 11 is 6.40. The molecular weight excluding hydrogens is 498 g/mol. The zero-order valence-corrected chi connectivity index (χ0v) is 21.5. The van der Waals surface area contributed by atoms with Crippen LogP contribution in [-0.2, 0) is 9.59 Å². The lowest BCUT2D eigenvalue weighted by Gasteiger charge is -2.27. The number of para-hydroxylation sites is 2. The second kappa shape index (κ2) is 10.8. The summed E-state index contributed by atoms with van der Waals surface area (Å²) in [5, 5.41) is 11.6. The predicted octanol–water partition coefficient (Wildman–Crippen LogP) is 5.39. The Morgan fingerprint density at radius 2 is 1.65 bits per heavy atom. The third-order valence-corrected chi connectivity index (χ3v) is 6.35. The minimum atomic E-state index is -1.02. The van der Waals surface area contributed by atoms with Crippen LogP contribution in [0.15, 0.2) is 66.2 Å². The van der Waals surface area contributed by atoms with Crippen LogP contribution in [0.4, 0.5) is 5.69 Å². The second-order valence-corrected chi connectivity index (χ2v) is 8.44. The van der Waals surface area contributed by atoms with Crippen LogP contribution in [0.1, 0.15) is 24.1 Å². The Kier molecular flexibility index (Phi) is 7.59. The Morgan fingerprint density at radius 3 is 2.32 bits per heavy atom. The van der Waals surface area contributed by atoms with Crippen molar-refractivity contribution in [3.8, 4) is 23.0 Å². The Labute approximate surface area is 219 Å². The highest BCUT2D eigenvalue weighted by molar-refractivity contribution is 6.52. The summed E-state index contributed by atoms with van der Waals surface area (Å²) in [6.45, 7) is 2.20. The van der Waals surface area contributed by atoms with Crippen molar-refractivity contribution in [3.05, 3.63) is 82.4 Å². The van der Waals surface area contributed by atoms with E-state index in [0.717, 1.165) is 0 Å². The molecule has 3 aromatic carbocycles. The first-order chi connectivity index (χ1) is 17.9. The fraction of sp³-hybridized carbons (Fsp3) is 0.214. The monoisotopic (exact) mass is 523 g/mol. The fourth-order valence-electron chi connectivity index (χ4n) is 4.31. The number of anilines is 1. The lowest BCUT2D eigenvalue weighted by molar-refractivity contribution is -0.132. The molecule has 1 aliphatic rings. The molecule has 0 bridgehead atoms. The SMILES string of the molecule is CCOc1cc(C2/C(=C(\O)c3cc(OC)ccc3Cl)C(=O)C(=O)N2c2ccccc2OC)ccc1OC. The summed E-state index contributed by atoms with van der Waals surface area (Å²) in [6, 6.07) is 15.6. The van der Waals surface area contributed by atoms with Gasteiger partial charge in [0.15, 0.2) is 11.5 Å². The zero-order chi connectivity index (χ0) is 26.7. The number of methoxy groups -OCH3 is 3. The molecule has 3 aromatic rings. The maximum Gasteiger partial charge on any atom is 0.300 e. The summed E-state index contributed by atoms with van der Waals surface area (Å²) in [6.07, 6.45) is 0. The van der Waals surface area contributed by atoms with Crippen molar-refractivity contribution in [1.29, 1.82) is 0 Å². The number of ketones is 1. The molecule has 1 atom stereocenters. The number of benzene rings is 3. The maximum absolute atomic E-state index is 13.5. The number of Topliss-reactive ketones (excluding diaryl/α,β-unsaturated/α-hetero) is 1. The van der Waals surface area contributed by atoms with E-state index < -0.39 is 23.5 Å². The third kappa shape index (κ3) is 4.68. The molecule has 192 valence electrons. The number of rotatable bonds is 8. The first-order valence-electron chi connectivity index (χ1n) is 11.4. The van der Waals surface area contributed by atoms with Gasteiger partial charge in [0.05, 0.1) is 50.3 Å². The highest BCUT2D eigenvalue weighted by atomic mass is 35.5. The van der Waals surface area contributed by atoms with E-state index >= 15 is 0 Å². The van der Waals surface area contributed by atoms with E-state index in [2.05, 4.69) is 0 Å². The van der Waals surface area contributed by atoms with Crippen molar-refractivity contribution in [2.24, 2.45) is 0 Å². The fourth-order valence-corrected chi connectivity index (χ4v) is 4.52. The van der Waals surface area contributed by atoms with Crippen LogP contribution < -0.4 is 23.8 Å². The summed E-state index contributed by atoms with van der Waals surface area (Å²) < 4.78 is 21.9. The number of amides is 1. The molecule has 1 heterocycles. The molecule has 0 aliphatic carbocycles. The van der Waals surface area contributed by atoms with Crippen LogP contribution in [0, 0.1) is 0 Å². The highest BCUT2D eigenvalue weighted by Crippen LogP contribution is 2.47. The van der Waals surface area contributed by atoms with Gasteiger partial charge in [-0.05, 0) is 55.0 Å². The number of carbonyl (C=O) groups excluding carboxylic acids is 2. The molecule has 0 saturated carbocycles. The Morgan fingerprint density at radius 1 is 0.919 bits per heavy atom. The molecule has 1 N–H and O–H groups in total. The first kappa shape index (κ1) is 25.9. The lowest BCUT2D eigenvalue weighted by Crippen LogP contribution is -2.29. The molecule has 37 heavy (non-hydrogen) atoms. The van der Waals surface area contributed by atoms with Gasteiger partial charge in [0.1, 0.15) is 17.3 Å². The minimum absolute atomic E-state index is 0.140. The van der Waals surface area contributed by atoms with Gasteiger partial charge in [0, 0.05) is 5.56 Å². The van der Waals surface area contributed by atoms with Gasteiger partial charge in [-0.2, -0.15) is 0 Å². The van der Waals surface area contributed by atoms with Crippen LogP contribution in [0.25, 0.3) is 5.76 Å². The summed E-state index contributed by atoms with van der Waals surface area (Å²) in [5.74, 6) is -0.427. The van der Waals surface area contributed by atoms with Crippen LogP contribution in [0.5, 0.6) is 23.0 Å². The van der Waals surface area contributed by atoms with Gasteiger partial charge >= 0.3 is 0 Å². The van der Waals surface area contributed by atoms with Crippen molar-refractivity contribution in [3.63, 3.8) is 0 Å². The van der Waals surface area contributed by atoms with Gasteiger partial charge < -0.3 is 24.1 Å². The van der Waals surface area contributed by atoms with Crippen molar-refractivity contribution >= 4 is 34.7 Å². The van der Waals surface area contributed by atoms with Gasteiger partial charge in [-0.3, -0.25) is 14.5 Å². The molecule has 8 nitrogen and oxygen atoms in total. The summed E-state index contributed by atoms with van der Waals surface area (Å²) in [7, 11) is 4.46. The molecule has 9 heteroatoms. The molecule has 1 saturated heterocycles. The van der Waals surface area contributed by atoms with Crippen LogP contribution in [0.3, 0.4) is 0 Å². The molecule has 1 fully saturated rings. The molecule has 0 radical (unpaired) electrons. The third-order valence-electron chi connectivity index (χ3n) is 6.02. The first-order valence-corrected chi connectivity index (χ1v) is 11.8. The Balaban J connectivity index is 2.02. The zero-order valence-electron chi connectivity index (χ0n) is 20.8. The molecule has 1 amide bonds. The van der Waals surface area contributed by atoms with Gasteiger partial charge in [-0.15, -0.1) is 0 Å². The number of hydrogen-bond donors (Lipinski definition) is 1. The number of aliphatic hydroxyl groups excluding tert-OH is 1. The number of aliphatic hydroxyl groups is 1. The van der Waals surface area contributed by atoms with Crippen LogP contribution in [0.2, 0.25) is 5.02 Å². The smallest absolute Gasteiger partial charge is 0.300 e. The van der Waals surface area contributed by atoms with Crippen molar-refractivity contribution in [2.45, 2.75) is 13.0 Å². The van der Waals surface area contributed by atoms with E-state index in [9.17, 15) is 14.7 Å². The molecule has 1 unspecified atom stereocenters. The van der Waals surface area contributed by atoms with Crippen LogP contribution >= 0.6 is 11.6 Å². The summed E-state index contributed by atoms with van der Waals surface area (Å²) in [4.78, 5) is 28.3. The highest BCUT2D eigenvalue weighted by Gasteiger charge is 2.48. The average molecular weight is 524 g/mol. The quantitative estimate of drug-likeness (QED) is 0.240. The molecule has 0 spiro atoms. The van der Waals surface area contributed by atoms with Gasteiger partial charge in [0.25, 0.3) is 11.7 Å². The number of carbonyl (C=O) groups is 2. The normalized spacial score (nSPS) is 16.6. The van der Waals surface area contributed by atoms with E-state index in [1.807, 2.05) is 6.92 Å². The second-order valence-electron chi connectivity index (χ2n) is 8.03. The van der Waals surface area contributed by atoms with E-state index in [1.165, 1.54) is 32.3 Å². The van der Waals surface area contributed by atoms with Gasteiger partial charge in [-0.1, -0.05) is 29.8 Å². The summed E-state index contributed by atoms with van der Waals surface area (Å²) in [5.41, 5.74) is 0.887. The molecule has 1 aliphatic heterocycles. The van der Waals surface area contributed by atoms with E-state index in [4.69, 9.17) is 30.5 Å². The number of nitrogens with zero attached hydrogens (tertiary/aromatic N) is 1. The van der Waals surface area contributed by atoms with Crippen molar-refractivity contribution in [2.75, 3.05) is 32.8 Å². The van der Waals surface area contributed by atoms with Crippen LogP contribution in [-0.4, -0.2) is 44.7 Å². The minimum Gasteiger partial charge on any atom is -0.507 e. The van der Waals surface area contributed by atoms with E-state index in [1.54, 1.807) is 54.6 Å². The lowest BCUT2D eigenvalue weighted by atomic mass is 9.94. The average Bonchev–Trinajstić information content (AvgIpc) is 3.18. The van der Waals surface area contributed by atoms with E-state index in [-0.39, 0.29) is 16.2 Å². The Bertz CT molecular complexity index is 1380. The molecule has 0 aromatic heterocycles. The van der Waals surface area contributed by atoms with Gasteiger partial charge in [-0.25, -0.2) is 0 Å². The number of hydrogen-bond acceptors (Lipinski definition) is 7. The van der Waals surface area contributed by atoms with Gasteiger partial charge in [0.2, 0.25) is 0 Å². The molecule has 4 rings (SSSR count). The Hall–Kier alpha value is -4.17. The maximum atomic E-state index is 13.5. The van der Waals surface area contributed by atoms with E-state index in [0.29, 0.717) is 40.9 Å². The largest absolute Gasteiger partial charge is 0.507 e. The predicted molar refractivity (Wildman–Crippen MR) is 140 cm³/mol. The van der Waals surface area contributed by atoms with Crippen molar-refractivity contribution < 1.29 is 33.6 Å². The number of halogens is 1. The molecular formula is C28H26ClNO7. The van der Waals surface area contributed by atoms with Crippen molar-refractivity contribution in [1.82, 2.24) is 0 Å². The number of ether oxygens (including phenoxy) is 4.